The second-order valence-corrected chi connectivity index (χ2v) is 5.49. The van der Waals surface area contributed by atoms with E-state index >= 15 is 0 Å². The Morgan fingerprint density at radius 3 is 2.94 bits per heavy atom. The van der Waals surface area contributed by atoms with E-state index in [4.69, 9.17) is 0 Å². The summed E-state index contributed by atoms with van der Waals surface area (Å²) < 4.78 is 0. The number of hydrogen-bond donors (Lipinski definition) is 1. The summed E-state index contributed by atoms with van der Waals surface area (Å²) in [5.74, 6) is 0. The molecule has 88 valence electrons. The van der Waals surface area contributed by atoms with E-state index in [-0.39, 0.29) is 0 Å². The number of hydrogen-bond acceptors (Lipinski definition) is 4. The molecule has 2 unspecified atom stereocenters. The van der Waals surface area contributed by atoms with Crippen LogP contribution in [0.2, 0.25) is 0 Å². The Morgan fingerprint density at radius 2 is 2.19 bits per heavy atom. The molecule has 0 saturated heterocycles. The molecular formula is C12H19N3S. The first kappa shape index (κ1) is 11.9. The SMILES string of the molecule is CSC1CCCC(NCc2cncnc2)C1. The highest BCUT2D eigenvalue weighted by atomic mass is 32.2. The molecule has 16 heavy (non-hydrogen) atoms. The molecule has 0 radical (unpaired) electrons. The first-order valence-corrected chi connectivity index (χ1v) is 7.17. The fraction of sp³-hybridized carbons (Fsp3) is 0.667. The summed E-state index contributed by atoms with van der Waals surface area (Å²) in [5.41, 5.74) is 1.17. The summed E-state index contributed by atoms with van der Waals surface area (Å²) in [5, 5.41) is 4.45. The van der Waals surface area contributed by atoms with Crippen LogP contribution in [0.1, 0.15) is 31.2 Å². The van der Waals surface area contributed by atoms with Gasteiger partial charge in [-0.05, 0) is 25.5 Å². The van der Waals surface area contributed by atoms with Gasteiger partial charge in [-0.1, -0.05) is 6.42 Å². The minimum Gasteiger partial charge on any atom is -0.310 e. The van der Waals surface area contributed by atoms with Crippen LogP contribution in [0.15, 0.2) is 18.7 Å². The van der Waals surface area contributed by atoms with E-state index in [1.807, 2.05) is 24.2 Å². The van der Waals surface area contributed by atoms with Gasteiger partial charge in [0.15, 0.2) is 0 Å². The third kappa shape index (κ3) is 3.46. The van der Waals surface area contributed by atoms with Crippen molar-refractivity contribution in [3.05, 3.63) is 24.3 Å². The zero-order valence-electron chi connectivity index (χ0n) is 9.72. The third-order valence-corrected chi connectivity index (χ3v) is 4.26. The molecule has 1 aliphatic rings. The molecule has 1 fully saturated rings. The van der Waals surface area contributed by atoms with Gasteiger partial charge in [0, 0.05) is 35.8 Å². The van der Waals surface area contributed by atoms with Crippen LogP contribution in [0.3, 0.4) is 0 Å². The molecule has 1 heterocycles. The average Bonchev–Trinajstić information content (AvgIpc) is 2.38. The van der Waals surface area contributed by atoms with Gasteiger partial charge in [-0.3, -0.25) is 0 Å². The smallest absolute Gasteiger partial charge is 0.115 e. The van der Waals surface area contributed by atoms with Gasteiger partial charge in [0.05, 0.1) is 0 Å². The molecule has 1 aromatic heterocycles. The Hall–Kier alpha value is -0.610. The van der Waals surface area contributed by atoms with Crippen molar-refractivity contribution in [2.24, 2.45) is 0 Å². The lowest BCUT2D eigenvalue weighted by molar-refractivity contribution is 0.379. The van der Waals surface area contributed by atoms with Crippen LogP contribution >= 0.6 is 11.8 Å². The molecular weight excluding hydrogens is 218 g/mol. The van der Waals surface area contributed by atoms with Crippen molar-refractivity contribution in [2.75, 3.05) is 6.26 Å². The van der Waals surface area contributed by atoms with Gasteiger partial charge < -0.3 is 5.32 Å². The Kier molecular flexibility index (Phi) is 4.60. The summed E-state index contributed by atoms with van der Waals surface area (Å²) in [6, 6.07) is 0.673. The second-order valence-electron chi connectivity index (χ2n) is 4.35. The molecule has 0 amide bonds. The molecule has 2 rings (SSSR count). The Labute approximate surface area is 101 Å². The molecule has 0 aliphatic heterocycles. The summed E-state index contributed by atoms with van der Waals surface area (Å²) >= 11 is 2.01. The van der Waals surface area contributed by atoms with Gasteiger partial charge in [0.25, 0.3) is 0 Å². The number of thioether (sulfide) groups is 1. The second kappa shape index (κ2) is 6.21. The van der Waals surface area contributed by atoms with Crippen LogP contribution in [0.4, 0.5) is 0 Å². The monoisotopic (exact) mass is 237 g/mol. The predicted octanol–water partition coefficient (Wildman–Crippen LogP) is 2.24. The van der Waals surface area contributed by atoms with Gasteiger partial charge in [-0.25, -0.2) is 9.97 Å². The molecule has 1 aliphatic carbocycles. The maximum absolute atomic E-state index is 4.02. The summed E-state index contributed by atoms with van der Waals surface area (Å²) in [6.45, 7) is 0.895. The number of aromatic nitrogens is 2. The summed E-state index contributed by atoms with van der Waals surface area (Å²) in [4.78, 5) is 8.05. The highest BCUT2D eigenvalue weighted by molar-refractivity contribution is 7.99. The first-order valence-electron chi connectivity index (χ1n) is 5.88. The number of nitrogens with one attached hydrogen (secondary N) is 1. The lowest BCUT2D eigenvalue weighted by atomic mass is 9.95. The Bertz CT molecular complexity index is 304. The van der Waals surface area contributed by atoms with Crippen molar-refractivity contribution in [1.82, 2.24) is 15.3 Å². The molecule has 3 nitrogen and oxygen atoms in total. The maximum atomic E-state index is 4.02. The van der Waals surface area contributed by atoms with Crippen LogP contribution < -0.4 is 5.32 Å². The van der Waals surface area contributed by atoms with E-state index in [1.54, 1.807) is 6.33 Å². The molecule has 0 spiro atoms. The van der Waals surface area contributed by atoms with Gasteiger partial charge >= 0.3 is 0 Å². The van der Waals surface area contributed by atoms with Crippen LogP contribution in [-0.2, 0) is 6.54 Å². The van der Waals surface area contributed by atoms with E-state index in [0.717, 1.165) is 11.8 Å². The predicted molar refractivity (Wildman–Crippen MR) is 68.4 cm³/mol. The highest BCUT2D eigenvalue weighted by Crippen LogP contribution is 2.26. The van der Waals surface area contributed by atoms with Crippen molar-refractivity contribution in [2.45, 2.75) is 43.5 Å². The fourth-order valence-electron chi connectivity index (χ4n) is 2.23. The van der Waals surface area contributed by atoms with Crippen molar-refractivity contribution in [3.8, 4) is 0 Å². The lowest BCUT2D eigenvalue weighted by Gasteiger charge is -2.28. The zero-order valence-corrected chi connectivity index (χ0v) is 10.5. The van der Waals surface area contributed by atoms with Gasteiger partial charge in [-0.15, -0.1) is 0 Å². The number of rotatable bonds is 4. The van der Waals surface area contributed by atoms with E-state index in [9.17, 15) is 0 Å². The quantitative estimate of drug-likeness (QED) is 0.871. The largest absolute Gasteiger partial charge is 0.310 e. The Balaban J connectivity index is 1.77. The maximum Gasteiger partial charge on any atom is 0.115 e. The lowest BCUT2D eigenvalue weighted by Crippen LogP contribution is -2.34. The molecule has 0 aromatic carbocycles. The van der Waals surface area contributed by atoms with Crippen molar-refractivity contribution in [3.63, 3.8) is 0 Å². The van der Waals surface area contributed by atoms with Crippen molar-refractivity contribution >= 4 is 11.8 Å². The Morgan fingerprint density at radius 1 is 1.38 bits per heavy atom. The van der Waals surface area contributed by atoms with Crippen LogP contribution in [-0.4, -0.2) is 27.5 Å². The normalized spacial score (nSPS) is 25.6. The van der Waals surface area contributed by atoms with Gasteiger partial charge in [0.2, 0.25) is 0 Å². The summed E-state index contributed by atoms with van der Waals surface area (Å²) in [6.07, 6.45) is 12.9. The minimum atomic E-state index is 0.673. The van der Waals surface area contributed by atoms with Gasteiger partial charge in [0.1, 0.15) is 6.33 Å². The van der Waals surface area contributed by atoms with Crippen molar-refractivity contribution in [1.29, 1.82) is 0 Å². The number of nitrogens with zero attached hydrogens (tertiary/aromatic N) is 2. The zero-order chi connectivity index (χ0) is 11.2. The van der Waals surface area contributed by atoms with E-state index in [2.05, 4.69) is 21.5 Å². The molecule has 1 aromatic rings. The molecule has 2 atom stereocenters. The topological polar surface area (TPSA) is 37.8 Å². The first-order chi connectivity index (χ1) is 7.88. The minimum absolute atomic E-state index is 0.673. The van der Waals surface area contributed by atoms with E-state index in [1.165, 1.54) is 31.2 Å². The fourth-order valence-corrected chi connectivity index (χ4v) is 3.06. The van der Waals surface area contributed by atoms with Crippen molar-refractivity contribution < 1.29 is 0 Å². The van der Waals surface area contributed by atoms with Crippen LogP contribution in [0, 0.1) is 0 Å². The molecule has 1 N–H and O–H groups in total. The average molecular weight is 237 g/mol. The molecule has 1 saturated carbocycles. The van der Waals surface area contributed by atoms with E-state index < -0.39 is 0 Å². The molecule has 4 heteroatoms. The van der Waals surface area contributed by atoms with E-state index in [0.29, 0.717) is 6.04 Å². The summed E-state index contributed by atoms with van der Waals surface area (Å²) in [7, 11) is 0. The molecule has 0 bridgehead atoms. The van der Waals surface area contributed by atoms with Crippen LogP contribution in [0.25, 0.3) is 0 Å². The third-order valence-electron chi connectivity index (χ3n) is 3.17. The van der Waals surface area contributed by atoms with Crippen LogP contribution in [0.5, 0.6) is 0 Å². The highest BCUT2D eigenvalue weighted by Gasteiger charge is 2.20. The van der Waals surface area contributed by atoms with Gasteiger partial charge in [-0.2, -0.15) is 11.8 Å². The standard InChI is InChI=1S/C12H19N3S/c1-16-12-4-2-3-11(5-12)15-8-10-6-13-9-14-7-10/h6-7,9,11-12,15H,2-5,8H2,1H3.